The van der Waals surface area contributed by atoms with Crippen LogP contribution < -0.4 is 10.2 Å². The Morgan fingerprint density at radius 3 is 2.55 bits per heavy atom. The molecule has 33 heavy (non-hydrogen) atoms. The van der Waals surface area contributed by atoms with Gasteiger partial charge in [-0.25, -0.2) is 9.37 Å². The van der Waals surface area contributed by atoms with Crippen LogP contribution in [0.15, 0.2) is 47.0 Å². The van der Waals surface area contributed by atoms with Gasteiger partial charge in [-0.3, -0.25) is 9.59 Å². The molecule has 2 aromatic heterocycles. The molecule has 1 unspecified atom stereocenters. The number of rotatable bonds is 6. The first-order valence-electron chi connectivity index (χ1n) is 10.7. The first kappa shape index (κ1) is 21.0. The van der Waals surface area contributed by atoms with Gasteiger partial charge >= 0.3 is 17.8 Å². The fourth-order valence-corrected chi connectivity index (χ4v) is 4.46. The Morgan fingerprint density at radius 1 is 1.15 bits per heavy atom. The zero-order valence-electron chi connectivity index (χ0n) is 17.7. The largest absolute Gasteiger partial charge is 0.481 e. The summed E-state index contributed by atoms with van der Waals surface area (Å²) in [5.41, 5.74) is 1.25. The summed E-state index contributed by atoms with van der Waals surface area (Å²) in [5.74, 6) is -0.899. The van der Waals surface area contributed by atoms with E-state index in [1.165, 1.54) is 12.1 Å². The summed E-state index contributed by atoms with van der Waals surface area (Å²) in [5, 5.41) is 19.6. The summed E-state index contributed by atoms with van der Waals surface area (Å²) in [6.45, 7) is 1.53. The number of amides is 1. The highest BCUT2D eigenvalue weighted by Crippen LogP contribution is 2.59. The van der Waals surface area contributed by atoms with Gasteiger partial charge in [-0.05, 0) is 54.5 Å². The standard InChI is InChI=1S/C23H22FN5O4/c24-15-3-1-14(2-4-15)11-19-27-28-21(33-19)20(30)26-16-5-6-18(25-13-16)29-9-7-23(8-10-29)12-17(23)22(31)32/h1-6,13,17H,7-12H2,(H,26,30)(H,31,32). The van der Waals surface area contributed by atoms with Crippen LogP contribution in [0.5, 0.6) is 0 Å². The summed E-state index contributed by atoms with van der Waals surface area (Å²) in [6, 6.07) is 9.49. The van der Waals surface area contributed by atoms with Crippen LogP contribution in [0.2, 0.25) is 0 Å². The summed E-state index contributed by atoms with van der Waals surface area (Å²) in [7, 11) is 0. The third-order valence-electron chi connectivity index (χ3n) is 6.51. The summed E-state index contributed by atoms with van der Waals surface area (Å²) < 4.78 is 18.4. The molecule has 9 nitrogen and oxygen atoms in total. The Labute approximate surface area is 188 Å². The van der Waals surface area contributed by atoms with Gasteiger partial charge in [-0.1, -0.05) is 12.1 Å². The van der Waals surface area contributed by atoms with Crippen molar-refractivity contribution in [1.29, 1.82) is 0 Å². The van der Waals surface area contributed by atoms with E-state index in [4.69, 9.17) is 4.42 Å². The number of hydrogen-bond acceptors (Lipinski definition) is 7. The number of halogens is 1. The van der Waals surface area contributed by atoms with E-state index in [0.29, 0.717) is 12.1 Å². The Kier molecular flexibility index (Phi) is 5.27. The fraction of sp³-hybridized carbons (Fsp3) is 0.348. The first-order chi connectivity index (χ1) is 15.9. The van der Waals surface area contributed by atoms with Crippen LogP contribution in [0.3, 0.4) is 0 Å². The lowest BCUT2D eigenvalue weighted by molar-refractivity contribution is -0.139. The number of nitrogens with zero attached hydrogens (tertiary/aromatic N) is 4. The lowest BCUT2D eigenvalue weighted by Gasteiger charge is -2.33. The molecule has 1 aromatic carbocycles. The molecule has 3 aromatic rings. The number of carboxylic acid groups (broad SMARTS) is 1. The highest BCUT2D eigenvalue weighted by Gasteiger charge is 2.58. The number of aliphatic carboxylic acids is 1. The van der Waals surface area contributed by atoms with Crippen molar-refractivity contribution in [2.45, 2.75) is 25.7 Å². The minimum Gasteiger partial charge on any atom is -0.481 e. The van der Waals surface area contributed by atoms with Crippen molar-refractivity contribution in [1.82, 2.24) is 15.2 Å². The van der Waals surface area contributed by atoms with Gasteiger partial charge in [0.25, 0.3) is 0 Å². The van der Waals surface area contributed by atoms with Crippen molar-refractivity contribution in [3.8, 4) is 0 Å². The van der Waals surface area contributed by atoms with Crippen LogP contribution in [-0.2, 0) is 11.2 Å². The van der Waals surface area contributed by atoms with Gasteiger partial charge in [0.2, 0.25) is 5.89 Å². The normalized spacial score (nSPS) is 18.8. The third kappa shape index (κ3) is 4.41. The molecule has 1 aliphatic heterocycles. The van der Waals surface area contributed by atoms with Gasteiger partial charge in [0, 0.05) is 13.1 Å². The molecule has 3 heterocycles. The van der Waals surface area contributed by atoms with Gasteiger partial charge in [-0.15, -0.1) is 10.2 Å². The van der Waals surface area contributed by atoms with Gasteiger partial charge in [0.15, 0.2) is 0 Å². The van der Waals surface area contributed by atoms with Crippen molar-refractivity contribution in [3.05, 3.63) is 65.8 Å². The number of benzene rings is 1. The SMILES string of the molecule is O=C(Nc1ccc(N2CCC3(CC2)CC3C(=O)O)nc1)c1nnc(Cc2ccc(F)cc2)o1. The Morgan fingerprint density at radius 2 is 1.91 bits per heavy atom. The number of anilines is 2. The Hall–Kier alpha value is -3.82. The van der Waals surface area contributed by atoms with E-state index >= 15 is 0 Å². The van der Waals surface area contributed by atoms with E-state index in [2.05, 4.69) is 25.4 Å². The maximum absolute atomic E-state index is 13.0. The average molecular weight is 451 g/mol. The highest BCUT2D eigenvalue weighted by molar-refractivity contribution is 6.00. The van der Waals surface area contributed by atoms with E-state index in [0.717, 1.165) is 43.7 Å². The molecular formula is C23H22FN5O4. The number of hydrogen-bond donors (Lipinski definition) is 2. The van der Waals surface area contributed by atoms with E-state index in [9.17, 15) is 19.1 Å². The Balaban J connectivity index is 1.15. The summed E-state index contributed by atoms with van der Waals surface area (Å²) in [6.07, 6.45) is 4.32. The lowest BCUT2D eigenvalue weighted by atomic mass is 9.91. The van der Waals surface area contributed by atoms with Crippen LogP contribution in [0.1, 0.15) is 41.4 Å². The quantitative estimate of drug-likeness (QED) is 0.586. The molecule has 2 aliphatic rings. The van der Waals surface area contributed by atoms with Gasteiger partial charge in [0.1, 0.15) is 11.6 Å². The topological polar surface area (TPSA) is 121 Å². The minimum absolute atomic E-state index is 0.0319. The molecular weight excluding hydrogens is 429 g/mol. The molecule has 1 atom stereocenters. The number of carbonyl (C=O) groups is 2. The molecule has 1 amide bonds. The molecule has 0 bridgehead atoms. The molecule has 1 aliphatic carbocycles. The maximum Gasteiger partial charge on any atom is 0.313 e. The van der Waals surface area contributed by atoms with Crippen LogP contribution in [0.25, 0.3) is 0 Å². The van der Waals surface area contributed by atoms with E-state index < -0.39 is 11.9 Å². The zero-order chi connectivity index (χ0) is 23.0. The van der Waals surface area contributed by atoms with Crippen LogP contribution in [0, 0.1) is 17.2 Å². The molecule has 2 N–H and O–H groups in total. The number of piperidine rings is 1. The maximum atomic E-state index is 13.0. The van der Waals surface area contributed by atoms with Crippen LogP contribution >= 0.6 is 0 Å². The van der Waals surface area contributed by atoms with Crippen LogP contribution in [-0.4, -0.2) is 45.3 Å². The monoisotopic (exact) mass is 451 g/mol. The second-order valence-electron chi connectivity index (χ2n) is 8.61. The number of nitrogens with one attached hydrogen (secondary N) is 1. The fourth-order valence-electron chi connectivity index (χ4n) is 4.46. The van der Waals surface area contributed by atoms with Crippen molar-refractivity contribution >= 4 is 23.4 Å². The molecule has 2 fully saturated rings. The van der Waals surface area contributed by atoms with Gasteiger partial charge < -0.3 is 19.7 Å². The van der Waals surface area contributed by atoms with Crippen molar-refractivity contribution < 1.29 is 23.5 Å². The number of aromatic nitrogens is 3. The van der Waals surface area contributed by atoms with Gasteiger partial charge in [-0.2, -0.15) is 0 Å². The van der Waals surface area contributed by atoms with Crippen molar-refractivity contribution in [3.63, 3.8) is 0 Å². The number of carboxylic acids is 1. The molecule has 10 heteroatoms. The second kappa shape index (κ2) is 8.27. The minimum atomic E-state index is -0.689. The predicted octanol–water partition coefficient (Wildman–Crippen LogP) is 3.14. The Bertz CT molecular complexity index is 1170. The average Bonchev–Trinajstić information content (AvgIpc) is 3.31. The molecule has 1 saturated heterocycles. The number of pyridine rings is 1. The summed E-state index contributed by atoms with van der Waals surface area (Å²) >= 11 is 0. The van der Waals surface area contributed by atoms with Crippen molar-refractivity contribution in [2.75, 3.05) is 23.3 Å². The lowest BCUT2D eigenvalue weighted by Crippen LogP contribution is -2.36. The molecule has 5 rings (SSSR count). The third-order valence-corrected chi connectivity index (χ3v) is 6.51. The smallest absolute Gasteiger partial charge is 0.313 e. The predicted molar refractivity (Wildman–Crippen MR) is 115 cm³/mol. The second-order valence-corrected chi connectivity index (χ2v) is 8.61. The van der Waals surface area contributed by atoms with Gasteiger partial charge in [0.05, 0.1) is 24.2 Å². The van der Waals surface area contributed by atoms with E-state index in [-0.39, 0.29) is 28.9 Å². The highest BCUT2D eigenvalue weighted by atomic mass is 19.1. The molecule has 170 valence electrons. The molecule has 1 spiro atoms. The summed E-state index contributed by atoms with van der Waals surface area (Å²) in [4.78, 5) is 30.2. The van der Waals surface area contributed by atoms with E-state index in [1.807, 2.05) is 6.07 Å². The van der Waals surface area contributed by atoms with E-state index in [1.54, 1.807) is 24.4 Å². The first-order valence-corrected chi connectivity index (χ1v) is 10.7. The molecule has 0 radical (unpaired) electrons. The molecule has 1 saturated carbocycles. The van der Waals surface area contributed by atoms with Crippen molar-refractivity contribution in [2.24, 2.45) is 11.3 Å². The zero-order valence-corrected chi connectivity index (χ0v) is 17.7. The number of carbonyl (C=O) groups excluding carboxylic acids is 1. The van der Waals surface area contributed by atoms with Crippen LogP contribution in [0.4, 0.5) is 15.9 Å².